The van der Waals surface area contributed by atoms with Crippen LogP contribution in [0.25, 0.3) is 0 Å². The van der Waals surface area contributed by atoms with E-state index in [4.69, 9.17) is 11.5 Å². The molecule has 0 bridgehead atoms. The summed E-state index contributed by atoms with van der Waals surface area (Å²) in [6.07, 6.45) is 1.64. The molecule has 2 aromatic rings. The molecular formula is C10H13N7O2. The van der Waals surface area contributed by atoms with Gasteiger partial charge in [-0.1, -0.05) is 0 Å². The molecule has 0 aromatic carbocycles. The Kier molecular flexibility index (Phi) is 3.19. The van der Waals surface area contributed by atoms with Gasteiger partial charge >= 0.3 is 5.69 Å². The second kappa shape index (κ2) is 4.80. The molecule has 0 saturated carbocycles. The van der Waals surface area contributed by atoms with Gasteiger partial charge in [0.05, 0.1) is 11.1 Å². The highest BCUT2D eigenvalue weighted by Crippen LogP contribution is 2.21. The van der Waals surface area contributed by atoms with Crippen LogP contribution in [0.3, 0.4) is 0 Å². The van der Waals surface area contributed by atoms with Gasteiger partial charge in [0.2, 0.25) is 5.82 Å². The molecule has 0 aliphatic carbocycles. The Morgan fingerprint density at radius 3 is 2.74 bits per heavy atom. The van der Waals surface area contributed by atoms with Crippen molar-refractivity contribution in [1.29, 1.82) is 0 Å². The molecule has 0 unspecified atom stereocenters. The first-order valence-electron chi connectivity index (χ1n) is 5.40. The van der Waals surface area contributed by atoms with Crippen molar-refractivity contribution in [2.45, 2.75) is 6.54 Å². The van der Waals surface area contributed by atoms with E-state index in [0.717, 1.165) is 5.56 Å². The van der Waals surface area contributed by atoms with Crippen LogP contribution in [0.5, 0.6) is 0 Å². The molecule has 0 spiro atoms. The standard InChI is InChI=1S/C10H13N7O2/c1-16-10(12)6(5-14-16)4-13-8-3-2-7(17(18)19)9(11)15-8/h2-3,5H,4,12H2,1H3,(H3,11,13,15). The minimum Gasteiger partial charge on any atom is -0.384 e. The Morgan fingerprint density at radius 1 is 1.47 bits per heavy atom. The highest BCUT2D eigenvalue weighted by Gasteiger charge is 2.13. The van der Waals surface area contributed by atoms with Crippen LogP contribution in [0.1, 0.15) is 5.56 Å². The third kappa shape index (κ3) is 2.54. The first-order chi connectivity index (χ1) is 8.99. The lowest BCUT2D eigenvalue weighted by atomic mass is 10.3. The molecule has 2 rings (SSSR count). The van der Waals surface area contributed by atoms with Gasteiger partial charge in [0, 0.05) is 25.2 Å². The van der Waals surface area contributed by atoms with Crippen molar-refractivity contribution in [3.63, 3.8) is 0 Å². The van der Waals surface area contributed by atoms with Crippen LogP contribution < -0.4 is 16.8 Å². The highest BCUT2D eigenvalue weighted by atomic mass is 16.6. The molecule has 0 amide bonds. The van der Waals surface area contributed by atoms with Crippen molar-refractivity contribution in [2.75, 3.05) is 16.8 Å². The van der Waals surface area contributed by atoms with Crippen molar-refractivity contribution in [3.05, 3.63) is 34.0 Å². The van der Waals surface area contributed by atoms with Gasteiger partial charge in [-0.2, -0.15) is 5.10 Å². The van der Waals surface area contributed by atoms with Crippen LogP contribution in [0.4, 0.5) is 23.1 Å². The average Bonchev–Trinajstić information content (AvgIpc) is 2.67. The molecular weight excluding hydrogens is 250 g/mol. The first-order valence-corrected chi connectivity index (χ1v) is 5.40. The van der Waals surface area contributed by atoms with Crippen LogP contribution in [-0.4, -0.2) is 19.7 Å². The summed E-state index contributed by atoms with van der Waals surface area (Å²) in [5.41, 5.74) is 11.9. The second-order valence-corrected chi connectivity index (χ2v) is 3.89. The predicted octanol–water partition coefficient (Wildman–Crippen LogP) is 0.500. The lowest BCUT2D eigenvalue weighted by Gasteiger charge is -2.06. The zero-order valence-electron chi connectivity index (χ0n) is 10.2. The van der Waals surface area contributed by atoms with E-state index in [-0.39, 0.29) is 11.5 Å². The Hall–Kier alpha value is -2.84. The number of hydrogen-bond donors (Lipinski definition) is 3. The van der Waals surface area contributed by atoms with E-state index in [0.29, 0.717) is 18.2 Å². The molecule has 9 nitrogen and oxygen atoms in total. The van der Waals surface area contributed by atoms with Crippen LogP contribution in [0.2, 0.25) is 0 Å². The van der Waals surface area contributed by atoms with Gasteiger partial charge in [-0.25, -0.2) is 4.98 Å². The quantitative estimate of drug-likeness (QED) is 0.539. The number of pyridine rings is 1. The zero-order chi connectivity index (χ0) is 14.0. The minimum atomic E-state index is -0.578. The third-order valence-corrected chi connectivity index (χ3v) is 2.62. The summed E-state index contributed by atoms with van der Waals surface area (Å²) < 4.78 is 1.55. The molecule has 0 atom stereocenters. The maximum absolute atomic E-state index is 10.6. The van der Waals surface area contributed by atoms with Gasteiger partial charge in [-0.05, 0) is 6.07 Å². The van der Waals surface area contributed by atoms with Crippen LogP contribution >= 0.6 is 0 Å². The van der Waals surface area contributed by atoms with Gasteiger partial charge in [0.15, 0.2) is 0 Å². The molecule has 100 valence electrons. The van der Waals surface area contributed by atoms with Gasteiger partial charge < -0.3 is 16.8 Å². The van der Waals surface area contributed by atoms with Gasteiger partial charge in [-0.15, -0.1) is 0 Å². The molecule has 0 saturated heterocycles. The number of nitrogen functional groups attached to an aromatic ring is 2. The number of nitrogens with two attached hydrogens (primary N) is 2. The smallest absolute Gasteiger partial charge is 0.311 e. The van der Waals surface area contributed by atoms with Crippen molar-refractivity contribution in [1.82, 2.24) is 14.8 Å². The van der Waals surface area contributed by atoms with Crippen molar-refractivity contribution < 1.29 is 4.92 Å². The maximum Gasteiger partial charge on any atom is 0.311 e. The number of anilines is 3. The minimum absolute atomic E-state index is 0.130. The van der Waals surface area contributed by atoms with E-state index >= 15 is 0 Å². The van der Waals surface area contributed by atoms with Crippen LogP contribution in [0.15, 0.2) is 18.3 Å². The zero-order valence-corrected chi connectivity index (χ0v) is 10.2. The molecule has 2 heterocycles. The third-order valence-electron chi connectivity index (χ3n) is 2.62. The number of hydrogen-bond acceptors (Lipinski definition) is 7. The van der Waals surface area contributed by atoms with Crippen LogP contribution in [0, 0.1) is 10.1 Å². The van der Waals surface area contributed by atoms with Crippen molar-refractivity contribution in [2.24, 2.45) is 7.05 Å². The summed E-state index contributed by atoms with van der Waals surface area (Å²) in [4.78, 5) is 13.9. The predicted molar refractivity (Wildman–Crippen MR) is 70.3 cm³/mol. The van der Waals surface area contributed by atoms with Crippen molar-refractivity contribution in [3.8, 4) is 0 Å². The van der Waals surface area contributed by atoms with Gasteiger partial charge in [0.25, 0.3) is 0 Å². The van der Waals surface area contributed by atoms with E-state index in [9.17, 15) is 10.1 Å². The first kappa shape index (κ1) is 12.6. The average molecular weight is 263 g/mol. The Balaban J connectivity index is 2.10. The fraction of sp³-hybridized carbons (Fsp3) is 0.200. The lowest BCUT2D eigenvalue weighted by molar-refractivity contribution is -0.384. The van der Waals surface area contributed by atoms with E-state index in [1.165, 1.54) is 12.1 Å². The van der Waals surface area contributed by atoms with Gasteiger partial charge in [0.1, 0.15) is 11.6 Å². The topological polar surface area (TPSA) is 138 Å². The summed E-state index contributed by atoms with van der Waals surface area (Å²) >= 11 is 0. The Bertz CT molecular complexity index is 622. The summed E-state index contributed by atoms with van der Waals surface area (Å²) in [7, 11) is 1.74. The summed E-state index contributed by atoms with van der Waals surface area (Å²) in [6.45, 7) is 0.407. The van der Waals surface area contributed by atoms with E-state index in [1.807, 2.05) is 0 Å². The normalized spacial score (nSPS) is 10.4. The molecule has 19 heavy (non-hydrogen) atoms. The SMILES string of the molecule is Cn1ncc(CNc2ccc([N+](=O)[O-])c(N)n2)c1N. The summed E-state index contributed by atoms with van der Waals surface area (Å²) in [6, 6.07) is 2.79. The molecule has 0 aliphatic heterocycles. The summed E-state index contributed by atoms with van der Waals surface area (Å²) in [5.74, 6) is 0.850. The number of aryl methyl sites for hydroxylation is 1. The number of nitrogens with zero attached hydrogens (tertiary/aromatic N) is 4. The Labute approximate surface area is 108 Å². The molecule has 2 aromatic heterocycles. The fourth-order valence-electron chi connectivity index (χ4n) is 1.53. The van der Waals surface area contributed by atoms with Crippen LogP contribution in [-0.2, 0) is 13.6 Å². The van der Waals surface area contributed by atoms with E-state index in [1.54, 1.807) is 17.9 Å². The maximum atomic E-state index is 10.6. The fourth-order valence-corrected chi connectivity index (χ4v) is 1.53. The van der Waals surface area contributed by atoms with E-state index in [2.05, 4.69) is 15.4 Å². The number of nitrogens with one attached hydrogen (secondary N) is 1. The van der Waals surface area contributed by atoms with Crippen molar-refractivity contribution >= 4 is 23.1 Å². The molecule has 0 radical (unpaired) electrons. The lowest BCUT2D eigenvalue weighted by Crippen LogP contribution is -2.06. The monoisotopic (exact) mass is 263 g/mol. The molecule has 9 heteroatoms. The molecule has 0 aliphatic rings. The second-order valence-electron chi connectivity index (χ2n) is 3.89. The summed E-state index contributed by atoms with van der Waals surface area (Å²) in [5, 5.41) is 17.6. The van der Waals surface area contributed by atoms with E-state index < -0.39 is 4.92 Å². The molecule has 0 fully saturated rings. The molecule has 5 N–H and O–H groups in total. The highest BCUT2D eigenvalue weighted by molar-refractivity contribution is 5.57. The number of aromatic nitrogens is 3. The van der Waals surface area contributed by atoms with Gasteiger partial charge in [-0.3, -0.25) is 14.8 Å². The largest absolute Gasteiger partial charge is 0.384 e. The Morgan fingerprint density at radius 2 is 2.21 bits per heavy atom. The number of rotatable bonds is 4. The number of nitro groups is 1.